The zero-order valence-electron chi connectivity index (χ0n) is 11.9. The lowest BCUT2D eigenvalue weighted by atomic mass is 10.1. The van der Waals surface area contributed by atoms with Crippen molar-refractivity contribution in [2.24, 2.45) is 0 Å². The van der Waals surface area contributed by atoms with E-state index in [0.29, 0.717) is 0 Å². The van der Waals surface area contributed by atoms with Crippen LogP contribution in [0.25, 0.3) is 10.9 Å². The van der Waals surface area contributed by atoms with Crippen molar-refractivity contribution in [1.29, 1.82) is 0 Å². The summed E-state index contributed by atoms with van der Waals surface area (Å²) in [6.07, 6.45) is 0. The molecule has 0 aliphatic heterocycles. The molecule has 0 amide bonds. The molecular weight excluding hydrogens is 244 g/mol. The second kappa shape index (κ2) is 5.33. The van der Waals surface area contributed by atoms with E-state index in [2.05, 4.69) is 67.3 Å². The Morgan fingerprint density at radius 2 is 1.65 bits per heavy atom. The van der Waals surface area contributed by atoms with E-state index in [0.717, 1.165) is 17.9 Å². The largest absolute Gasteiger partial charge is 0.327 e. The summed E-state index contributed by atoms with van der Waals surface area (Å²) in [5.41, 5.74) is 3.49. The number of hydrogen-bond acceptors (Lipinski definition) is 2. The predicted molar refractivity (Wildman–Crippen MR) is 85.6 cm³/mol. The molecule has 0 fully saturated rings. The number of aromatic nitrogens is 1. The summed E-state index contributed by atoms with van der Waals surface area (Å²) in [5.74, 6) is 1.01. The van der Waals surface area contributed by atoms with Crippen LogP contribution < -0.4 is 4.90 Å². The normalized spacial score (nSPS) is 10.7. The number of para-hydroxylation sites is 2. The molecule has 0 N–H and O–H groups in total. The van der Waals surface area contributed by atoms with Crippen LogP contribution in [0.1, 0.15) is 12.5 Å². The number of benzene rings is 2. The molecule has 2 nitrogen and oxygen atoms in total. The quantitative estimate of drug-likeness (QED) is 0.680. The van der Waals surface area contributed by atoms with E-state index in [4.69, 9.17) is 4.98 Å². The number of anilines is 2. The topological polar surface area (TPSA) is 16.1 Å². The van der Waals surface area contributed by atoms with Gasteiger partial charge in [0.15, 0.2) is 0 Å². The lowest BCUT2D eigenvalue weighted by molar-refractivity contribution is 0.995. The second-order valence-corrected chi connectivity index (χ2v) is 4.89. The van der Waals surface area contributed by atoms with Crippen LogP contribution in [0.4, 0.5) is 11.5 Å². The molecule has 0 saturated carbocycles. The molecule has 2 heteroatoms. The van der Waals surface area contributed by atoms with Crippen molar-refractivity contribution in [3.8, 4) is 0 Å². The summed E-state index contributed by atoms with van der Waals surface area (Å²) >= 11 is 0. The van der Waals surface area contributed by atoms with Gasteiger partial charge in [-0.3, -0.25) is 0 Å². The average Bonchev–Trinajstić information content (AvgIpc) is 2.49. The Morgan fingerprint density at radius 3 is 2.40 bits per heavy atom. The summed E-state index contributed by atoms with van der Waals surface area (Å²) in [4.78, 5) is 7.05. The van der Waals surface area contributed by atoms with Crippen LogP contribution in [0.3, 0.4) is 0 Å². The molecule has 3 aromatic rings. The standard InChI is InChI=1S/C18H18N2/c1-3-20(15-9-5-4-6-10-15)18-13-14(2)16-11-7-8-12-17(16)19-18/h4-13H,3H2,1-2H3. The molecule has 3 rings (SSSR count). The lowest BCUT2D eigenvalue weighted by Gasteiger charge is -2.23. The smallest absolute Gasteiger partial charge is 0.133 e. The maximum Gasteiger partial charge on any atom is 0.133 e. The molecule has 0 aliphatic rings. The van der Waals surface area contributed by atoms with Gasteiger partial charge in [0.1, 0.15) is 5.82 Å². The Labute approximate surface area is 119 Å². The van der Waals surface area contributed by atoms with Gasteiger partial charge < -0.3 is 4.90 Å². The maximum absolute atomic E-state index is 4.81. The molecule has 0 atom stereocenters. The van der Waals surface area contributed by atoms with Gasteiger partial charge in [-0.15, -0.1) is 0 Å². The minimum absolute atomic E-state index is 0.898. The highest BCUT2D eigenvalue weighted by atomic mass is 15.2. The molecule has 0 unspecified atom stereocenters. The molecule has 0 radical (unpaired) electrons. The second-order valence-electron chi connectivity index (χ2n) is 4.89. The van der Waals surface area contributed by atoms with E-state index >= 15 is 0 Å². The van der Waals surface area contributed by atoms with Crippen LogP contribution in [0.5, 0.6) is 0 Å². The van der Waals surface area contributed by atoms with Crippen molar-refractivity contribution in [2.45, 2.75) is 13.8 Å². The highest BCUT2D eigenvalue weighted by Crippen LogP contribution is 2.27. The fourth-order valence-corrected chi connectivity index (χ4v) is 2.55. The number of aryl methyl sites for hydroxylation is 1. The summed E-state index contributed by atoms with van der Waals surface area (Å²) in [6.45, 7) is 5.19. The zero-order valence-corrected chi connectivity index (χ0v) is 11.9. The molecule has 0 spiro atoms. The Kier molecular flexibility index (Phi) is 3.38. The number of rotatable bonds is 3. The lowest BCUT2D eigenvalue weighted by Crippen LogP contribution is -2.17. The molecule has 20 heavy (non-hydrogen) atoms. The van der Waals surface area contributed by atoms with Crippen LogP contribution in [-0.2, 0) is 0 Å². The molecule has 1 heterocycles. The van der Waals surface area contributed by atoms with E-state index in [-0.39, 0.29) is 0 Å². The molecular formula is C18H18N2. The van der Waals surface area contributed by atoms with Crippen LogP contribution >= 0.6 is 0 Å². The first-order valence-electron chi connectivity index (χ1n) is 6.98. The van der Waals surface area contributed by atoms with E-state index < -0.39 is 0 Å². The summed E-state index contributed by atoms with van der Waals surface area (Å²) in [5, 5.41) is 1.22. The van der Waals surface area contributed by atoms with Crippen molar-refractivity contribution in [3.05, 3.63) is 66.2 Å². The van der Waals surface area contributed by atoms with Crippen molar-refractivity contribution < 1.29 is 0 Å². The molecule has 0 aliphatic carbocycles. The van der Waals surface area contributed by atoms with Gasteiger partial charge in [-0.1, -0.05) is 36.4 Å². The number of hydrogen-bond donors (Lipinski definition) is 0. The fraction of sp³-hybridized carbons (Fsp3) is 0.167. The molecule has 1 aromatic heterocycles. The molecule has 0 bridgehead atoms. The Morgan fingerprint density at radius 1 is 0.950 bits per heavy atom. The van der Waals surface area contributed by atoms with Crippen molar-refractivity contribution in [2.75, 3.05) is 11.4 Å². The van der Waals surface area contributed by atoms with Crippen LogP contribution in [0.15, 0.2) is 60.7 Å². The van der Waals surface area contributed by atoms with Crippen molar-refractivity contribution >= 4 is 22.4 Å². The minimum Gasteiger partial charge on any atom is -0.327 e. The van der Waals surface area contributed by atoms with Gasteiger partial charge in [0.2, 0.25) is 0 Å². The van der Waals surface area contributed by atoms with Gasteiger partial charge in [-0.2, -0.15) is 0 Å². The summed E-state index contributed by atoms with van der Waals surface area (Å²) in [7, 11) is 0. The van der Waals surface area contributed by atoms with Crippen molar-refractivity contribution in [3.63, 3.8) is 0 Å². The third-order valence-electron chi connectivity index (χ3n) is 3.57. The molecule has 2 aromatic carbocycles. The maximum atomic E-state index is 4.81. The molecule has 0 saturated heterocycles. The van der Waals surface area contributed by atoms with Gasteiger partial charge in [-0.05, 0) is 43.7 Å². The predicted octanol–water partition coefficient (Wildman–Crippen LogP) is 4.70. The van der Waals surface area contributed by atoms with Crippen LogP contribution in [-0.4, -0.2) is 11.5 Å². The van der Waals surface area contributed by atoms with Crippen LogP contribution in [0.2, 0.25) is 0 Å². The highest BCUT2D eigenvalue weighted by molar-refractivity contribution is 5.84. The van der Waals surface area contributed by atoms with Gasteiger partial charge in [0.25, 0.3) is 0 Å². The first-order valence-corrected chi connectivity index (χ1v) is 6.98. The first kappa shape index (κ1) is 12.7. The summed E-state index contributed by atoms with van der Waals surface area (Å²) < 4.78 is 0. The fourth-order valence-electron chi connectivity index (χ4n) is 2.55. The molecule has 100 valence electrons. The van der Waals surface area contributed by atoms with E-state index in [1.165, 1.54) is 16.6 Å². The first-order chi connectivity index (χ1) is 9.79. The Hall–Kier alpha value is -2.35. The Balaban J connectivity index is 2.13. The number of pyridine rings is 1. The SMILES string of the molecule is CCN(c1ccccc1)c1cc(C)c2ccccc2n1. The van der Waals surface area contributed by atoms with Gasteiger partial charge in [0, 0.05) is 17.6 Å². The number of nitrogens with zero attached hydrogens (tertiary/aromatic N) is 2. The van der Waals surface area contributed by atoms with E-state index in [1.54, 1.807) is 0 Å². The van der Waals surface area contributed by atoms with Gasteiger partial charge in [-0.25, -0.2) is 4.98 Å². The van der Waals surface area contributed by atoms with E-state index in [9.17, 15) is 0 Å². The highest BCUT2D eigenvalue weighted by Gasteiger charge is 2.10. The monoisotopic (exact) mass is 262 g/mol. The van der Waals surface area contributed by atoms with Gasteiger partial charge in [0.05, 0.1) is 5.52 Å². The third-order valence-corrected chi connectivity index (χ3v) is 3.57. The average molecular weight is 262 g/mol. The third kappa shape index (κ3) is 2.25. The van der Waals surface area contributed by atoms with Crippen LogP contribution in [0, 0.1) is 6.92 Å². The summed E-state index contributed by atoms with van der Waals surface area (Å²) in [6, 6.07) is 20.9. The Bertz CT molecular complexity index is 720. The number of fused-ring (bicyclic) bond motifs is 1. The van der Waals surface area contributed by atoms with Gasteiger partial charge >= 0.3 is 0 Å². The van der Waals surface area contributed by atoms with E-state index in [1.807, 2.05) is 12.1 Å². The van der Waals surface area contributed by atoms with Crippen molar-refractivity contribution in [1.82, 2.24) is 4.98 Å². The minimum atomic E-state index is 0.898. The zero-order chi connectivity index (χ0) is 13.9.